The lowest BCUT2D eigenvalue weighted by Crippen LogP contribution is -2.28. The summed E-state index contributed by atoms with van der Waals surface area (Å²) >= 11 is 0. The summed E-state index contributed by atoms with van der Waals surface area (Å²) in [5.74, 6) is 0. The molecule has 168 valence electrons. The van der Waals surface area contributed by atoms with Crippen LogP contribution in [-0.4, -0.2) is 22.2 Å². The third-order valence-corrected chi connectivity index (χ3v) is 3.17. The van der Waals surface area contributed by atoms with Crippen molar-refractivity contribution in [1.29, 1.82) is 0 Å². The highest BCUT2D eigenvalue weighted by molar-refractivity contribution is 4.86. The van der Waals surface area contributed by atoms with Gasteiger partial charge in [-0.1, -0.05) is 41.5 Å². The highest BCUT2D eigenvalue weighted by Gasteiger charge is 2.29. The van der Waals surface area contributed by atoms with Crippen LogP contribution in [0.1, 0.15) is 124 Å². The van der Waals surface area contributed by atoms with Gasteiger partial charge in [-0.15, -0.1) is 0 Å². The lowest BCUT2D eigenvalue weighted by Gasteiger charge is -2.31. The minimum absolute atomic E-state index is 0.0344. The van der Waals surface area contributed by atoms with E-state index in [1.165, 1.54) is 0 Å². The van der Waals surface area contributed by atoms with Gasteiger partial charge in [0.25, 0.3) is 0 Å². The standard InChI is InChI=1S/C16H34N2.C8H18N2/c1-13(2,3)11-15(7,8)17-18-16(9,10)12-14(4,5)6;1-7(2,3)9-10-8(4,5)6/h11-12H2,1-10H3;1-6H3. The van der Waals surface area contributed by atoms with Gasteiger partial charge >= 0.3 is 0 Å². The molecule has 0 atom stereocenters. The summed E-state index contributed by atoms with van der Waals surface area (Å²) < 4.78 is 0. The fourth-order valence-electron chi connectivity index (χ4n) is 3.24. The van der Waals surface area contributed by atoms with Crippen molar-refractivity contribution >= 4 is 0 Å². The van der Waals surface area contributed by atoms with Crippen LogP contribution in [0.2, 0.25) is 0 Å². The number of azo groups is 2. The van der Waals surface area contributed by atoms with Crippen LogP contribution in [0.5, 0.6) is 0 Å². The molecule has 28 heavy (non-hydrogen) atoms. The lowest BCUT2D eigenvalue weighted by atomic mass is 9.81. The molecule has 0 aromatic carbocycles. The SMILES string of the molecule is CC(C)(C)CC(C)(C)N=NC(C)(C)CC(C)(C)C.CC(C)(C)N=NC(C)(C)C. The average Bonchev–Trinajstić information content (AvgIpc) is 2.28. The fraction of sp³-hybridized carbons (Fsp3) is 1.00. The molecule has 0 amide bonds. The van der Waals surface area contributed by atoms with Gasteiger partial charge in [0.15, 0.2) is 0 Å². The fourth-order valence-corrected chi connectivity index (χ4v) is 3.24. The van der Waals surface area contributed by atoms with Crippen molar-refractivity contribution in [2.45, 2.75) is 146 Å². The average molecular weight is 397 g/mol. The molecule has 0 aliphatic heterocycles. The largest absolute Gasteiger partial charge is 0.188 e. The first-order valence-electron chi connectivity index (χ1n) is 10.7. The molecule has 0 aromatic heterocycles. The summed E-state index contributed by atoms with van der Waals surface area (Å²) in [6, 6.07) is 0. The monoisotopic (exact) mass is 396 g/mol. The molecule has 0 N–H and O–H groups in total. The molecule has 0 bridgehead atoms. The molecule has 0 saturated heterocycles. The molecule has 0 aliphatic carbocycles. The Labute approximate surface area is 177 Å². The Kier molecular flexibility index (Phi) is 10.3. The maximum atomic E-state index is 4.62. The van der Waals surface area contributed by atoms with Crippen LogP contribution in [-0.2, 0) is 0 Å². The van der Waals surface area contributed by atoms with Crippen LogP contribution in [0, 0.1) is 10.8 Å². The number of hydrogen-bond acceptors (Lipinski definition) is 4. The van der Waals surface area contributed by atoms with Crippen molar-refractivity contribution in [3.63, 3.8) is 0 Å². The Hall–Kier alpha value is -0.800. The first-order chi connectivity index (χ1) is 11.8. The van der Waals surface area contributed by atoms with Gasteiger partial charge in [0.05, 0.1) is 22.2 Å². The van der Waals surface area contributed by atoms with E-state index in [4.69, 9.17) is 0 Å². The van der Waals surface area contributed by atoms with Crippen LogP contribution >= 0.6 is 0 Å². The summed E-state index contributed by atoms with van der Waals surface area (Å²) in [7, 11) is 0. The molecule has 0 fully saturated rings. The van der Waals surface area contributed by atoms with E-state index in [9.17, 15) is 0 Å². The second kappa shape index (κ2) is 9.80. The highest BCUT2D eigenvalue weighted by Crippen LogP contribution is 2.33. The summed E-state index contributed by atoms with van der Waals surface area (Å²) in [6.45, 7) is 34.5. The molecule has 0 radical (unpaired) electrons. The Morgan fingerprint density at radius 1 is 0.357 bits per heavy atom. The lowest BCUT2D eigenvalue weighted by molar-refractivity contribution is 0.248. The summed E-state index contributed by atoms with van der Waals surface area (Å²) in [5.41, 5.74) is 0.356. The van der Waals surface area contributed by atoms with E-state index in [-0.39, 0.29) is 33.0 Å². The second-order valence-corrected chi connectivity index (χ2v) is 13.8. The number of rotatable bonds is 4. The Bertz CT molecular complexity index is 453. The Balaban J connectivity index is 0. The second-order valence-electron chi connectivity index (χ2n) is 13.8. The predicted molar refractivity (Wildman–Crippen MR) is 126 cm³/mol. The van der Waals surface area contributed by atoms with Gasteiger partial charge in [-0.25, -0.2) is 0 Å². The maximum Gasteiger partial charge on any atom is 0.0765 e. The van der Waals surface area contributed by atoms with Gasteiger partial charge in [0.2, 0.25) is 0 Å². The third kappa shape index (κ3) is 23.2. The quantitative estimate of drug-likeness (QED) is 0.426. The highest BCUT2D eigenvalue weighted by atomic mass is 15.2. The van der Waals surface area contributed by atoms with Crippen molar-refractivity contribution in [2.24, 2.45) is 31.3 Å². The number of hydrogen-bond donors (Lipinski definition) is 0. The molecule has 0 saturated carbocycles. The number of nitrogens with zero attached hydrogens (tertiary/aromatic N) is 4. The Morgan fingerprint density at radius 2 is 0.571 bits per heavy atom. The van der Waals surface area contributed by atoms with Gasteiger partial charge in [0.1, 0.15) is 0 Å². The van der Waals surface area contributed by atoms with Crippen LogP contribution in [0.15, 0.2) is 20.5 Å². The van der Waals surface area contributed by atoms with Crippen molar-refractivity contribution in [3.05, 3.63) is 0 Å². The summed E-state index contributed by atoms with van der Waals surface area (Å²) in [4.78, 5) is 0. The zero-order valence-electron chi connectivity index (χ0n) is 22.2. The summed E-state index contributed by atoms with van der Waals surface area (Å²) in [5, 5.41) is 17.6. The molecule has 0 rings (SSSR count). The first-order valence-corrected chi connectivity index (χ1v) is 10.7. The third-order valence-electron chi connectivity index (χ3n) is 3.17. The molecule has 0 aliphatic rings. The van der Waals surface area contributed by atoms with E-state index in [2.05, 4.69) is 89.7 Å². The van der Waals surface area contributed by atoms with E-state index < -0.39 is 0 Å². The van der Waals surface area contributed by atoms with E-state index in [1.807, 2.05) is 41.5 Å². The molecule has 4 nitrogen and oxygen atoms in total. The molecule has 0 aromatic rings. The minimum Gasteiger partial charge on any atom is -0.188 e. The van der Waals surface area contributed by atoms with E-state index in [0.29, 0.717) is 0 Å². The molecule has 4 heteroatoms. The Morgan fingerprint density at radius 3 is 0.714 bits per heavy atom. The van der Waals surface area contributed by atoms with Crippen molar-refractivity contribution in [2.75, 3.05) is 0 Å². The zero-order chi connectivity index (χ0) is 23.2. The molecular weight excluding hydrogens is 344 g/mol. The molecule has 0 unspecified atom stereocenters. The smallest absolute Gasteiger partial charge is 0.0765 e. The van der Waals surface area contributed by atoms with E-state index >= 15 is 0 Å². The molecule has 0 heterocycles. The van der Waals surface area contributed by atoms with Gasteiger partial charge in [-0.3, -0.25) is 0 Å². The van der Waals surface area contributed by atoms with E-state index in [0.717, 1.165) is 12.8 Å². The predicted octanol–water partition coefficient (Wildman–Crippen LogP) is 8.90. The topological polar surface area (TPSA) is 49.4 Å². The van der Waals surface area contributed by atoms with Crippen LogP contribution in [0.4, 0.5) is 0 Å². The van der Waals surface area contributed by atoms with Crippen molar-refractivity contribution in [3.8, 4) is 0 Å². The maximum absolute atomic E-state index is 4.62. The van der Waals surface area contributed by atoms with Gasteiger partial charge < -0.3 is 0 Å². The van der Waals surface area contributed by atoms with Crippen LogP contribution in [0.3, 0.4) is 0 Å². The van der Waals surface area contributed by atoms with Gasteiger partial charge in [-0.05, 0) is 92.9 Å². The normalized spacial score (nSPS) is 15.1. The van der Waals surface area contributed by atoms with Crippen molar-refractivity contribution < 1.29 is 0 Å². The molecule has 0 spiro atoms. The van der Waals surface area contributed by atoms with E-state index in [1.54, 1.807) is 0 Å². The van der Waals surface area contributed by atoms with Gasteiger partial charge in [-0.2, -0.15) is 20.5 Å². The van der Waals surface area contributed by atoms with Crippen LogP contribution < -0.4 is 0 Å². The summed E-state index contributed by atoms with van der Waals surface area (Å²) in [6.07, 6.45) is 2.10. The zero-order valence-corrected chi connectivity index (χ0v) is 22.2. The van der Waals surface area contributed by atoms with Crippen molar-refractivity contribution in [1.82, 2.24) is 0 Å². The van der Waals surface area contributed by atoms with Crippen LogP contribution in [0.25, 0.3) is 0 Å². The molecular formula is C24H52N4. The van der Waals surface area contributed by atoms with Gasteiger partial charge in [0, 0.05) is 0 Å². The first kappa shape index (κ1) is 29.4. The minimum atomic E-state index is -0.0760.